The minimum Gasteiger partial charge on any atom is -0.392 e. The Morgan fingerprint density at radius 2 is 1.56 bits per heavy atom. The van der Waals surface area contributed by atoms with Gasteiger partial charge in [-0.2, -0.15) is 0 Å². The molecule has 45 heavy (non-hydrogen) atoms. The number of likely N-dealkylation sites (N-methyl/N-ethyl adjacent to an activating group) is 1. The van der Waals surface area contributed by atoms with Gasteiger partial charge in [0.1, 0.15) is 6.04 Å². The lowest BCUT2D eigenvalue weighted by Gasteiger charge is -2.18. The summed E-state index contributed by atoms with van der Waals surface area (Å²) in [7, 11) is 1.89. The van der Waals surface area contributed by atoms with E-state index in [-0.39, 0.29) is 11.7 Å². The monoisotopic (exact) mass is 613 g/mol. The van der Waals surface area contributed by atoms with E-state index < -0.39 is 6.04 Å². The van der Waals surface area contributed by atoms with Crippen molar-refractivity contribution >= 4 is 17.4 Å². The summed E-state index contributed by atoms with van der Waals surface area (Å²) < 4.78 is 0. The number of hydrogen-bond acceptors (Lipinski definition) is 4. The van der Waals surface area contributed by atoms with E-state index in [0.29, 0.717) is 12.1 Å². The highest BCUT2D eigenvalue weighted by atomic mass is 16.2. The molecule has 0 radical (unpaired) electrons. The molecule has 0 aliphatic heterocycles. The molecule has 0 spiro atoms. The molecule has 5 heteroatoms. The number of allylic oxidation sites excluding steroid dienone is 6. The molecular formula is C40H59N3O2. The van der Waals surface area contributed by atoms with Crippen molar-refractivity contribution in [1.29, 1.82) is 0 Å². The highest BCUT2D eigenvalue weighted by Crippen LogP contribution is 2.19. The van der Waals surface area contributed by atoms with Gasteiger partial charge in [-0.05, 0) is 76.1 Å². The summed E-state index contributed by atoms with van der Waals surface area (Å²) in [5.74, 6) is -0.382. The van der Waals surface area contributed by atoms with E-state index in [4.69, 9.17) is 0 Å². The Morgan fingerprint density at radius 1 is 0.889 bits per heavy atom. The number of Topliss-reactive ketones (excluding diaryl/α,β-unsaturated/α-hetero) is 1. The van der Waals surface area contributed by atoms with E-state index in [0.717, 1.165) is 36.2 Å². The fraction of sp³-hybridized carbons (Fsp3) is 0.400. The molecule has 0 saturated heterocycles. The molecule has 0 saturated carbocycles. The number of nitrogens with one attached hydrogen (secondary N) is 3. The minimum atomic E-state index is -0.576. The summed E-state index contributed by atoms with van der Waals surface area (Å²) in [5.41, 5.74) is 7.37. The first kappa shape index (κ1) is 40.9. The fourth-order valence-electron chi connectivity index (χ4n) is 4.22. The van der Waals surface area contributed by atoms with Gasteiger partial charge in [0.2, 0.25) is 5.91 Å². The molecule has 2 aromatic rings. The molecule has 5 nitrogen and oxygen atoms in total. The van der Waals surface area contributed by atoms with E-state index >= 15 is 0 Å². The van der Waals surface area contributed by atoms with Gasteiger partial charge in [0.25, 0.3) is 0 Å². The lowest BCUT2D eigenvalue weighted by Crippen LogP contribution is -2.44. The van der Waals surface area contributed by atoms with Gasteiger partial charge < -0.3 is 16.0 Å². The summed E-state index contributed by atoms with van der Waals surface area (Å²) >= 11 is 0. The number of benzene rings is 2. The predicted octanol–water partition coefficient (Wildman–Crippen LogP) is 9.23. The Morgan fingerprint density at radius 3 is 2.13 bits per heavy atom. The number of rotatable bonds is 18. The van der Waals surface area contributed by atoms with E-state index in [1.54, 1.807) is 6.92 Å². The summed E-state index contributed by atoms with van der Waals surface area (Å²) in [4.78, 5) is 23.7. The van der Waals surface area contributed by atoms with Crippen LogP contribution in [0.15, 0.2) is 109 Å². The number of hydrogen-bond donors (Lipinski definition) is 3. The molecule has 0 bridgehead atoms. The highest BCUT2D eigenvalue weighted by molar-refractivity contribution is 5.96. The van der Waals surface area contributed by atoms with Crippen molar-refractivity contribution in [3.05, 3.63) is 126 Å². The maximum Gasteiger partial charge on any atom is 0.246 e. The summed E-state index contributed by atoms with van der Waals surface area (Å²) in [6, 6.07) is 16.1. The second-order valence-corrected chi connectivity index (χ2v) is 10.9. The van der Waals surface area contributed by atoms with Crippen LogP contribution in [0.1, 0.15) is 83.4 Å². The van der Waals surface area contributed by atoms with Crippen molar-refractivity contribution in [2.24, 2.45) is 0 Å². The maximum absolute atomic E-state index is 11.9. The van der Waals surface area contributed by atoms with Crippen LogP contribution in [0.4, 0.5) is 5.69 Å². The van der Waals surface area contributed by atoms with Crippen LogP contribution < -0.4 is 16.0 Å². The van der Waals surface area contributed by atoms with E-state index in [9.17, 15) is 9.59 Å². The summed E-state index contributed by atoms with van der Waals surface area (Å²) in [5, 5.41) is 9.03. The largest absolute Gasteiger partial charge is 0.392 e. The van der Waals surface area contributed by atoms with Crippen molar-refractivity contribution in [3.8, 4) is 0 Å². The first-order chi connectivity index (χ1) is 21.6. The average Bonchev–Trinajstić information content (AvgIpc) is 3.03. The van der Waals surface area contributed by atoms with Crippen LogP contribution in [0.3, 0.4) is 0 Å². The van der Waals surface area contributed by atoms with E-state index in [1.165, 1.54) is 49.3 Å². The number of ketones is 1. The molecule has 0 unspecified atom stereocenters. The Bertz CT molecular complexity index is 1240. The highest BCUT2D eigenvalue weighted by Gasteiger charge is 2.17. The Balaban J connectivity index is 0.00000124. The number of carbonyl (C=O) groups excluding carboxylic acids is 2. The molecule has 0 aliphatic carbocycles. The molecule has 1 atom stereocenters. The van der Waals surface area contributed by atoms with Crippen LogP contribution in [0.2, 0.25) is 0 Å². The topological polar surface area (TPSA) is 70.2 Å². The van der Waals surface area contributed by atoms with E-state index in [2.05, 4.69) is 79.0 Å². The number of anilines is 1. The van der Waals surface area contributed by atoms with Gasteiger partial charge in [-0.25, -0.2) is 0 Å². The zero-order valence-corrected chi connectivity index (χ0v) is 29.1. The molecule has 0 aromatic heterocycles. The Hall–Kier alpha value is -4.12. The van der Waals surface area contributed by atoms with Crippen molar-refractivity contribution in [1.82, 2.24) is 10.6 Å². The van der Waals surface area contributed by atoms with Gasteiger partial charge in [0, 0.05) is 37.0 Å². The zero-order chi connectivity index (χ0) is 34.0. The van der Waals surface area contributed by atoms with Crippen LogP contribution in [-0.4, -0.2) is 31.3 Å². The smallest absolute Gasteiger partial charge is 0.246 e. The van der Waals surface area contributed by atoms with Crippen molar-refractivity contribution in [2.75, 3.05) is 18.9 Å². The van der Waals surface area contributed by atoms with Gasteiger partial charge in [-0.1, -0.05) is 119 Å². The molecular weight excluding hydrogens is 554 g/mol. The first-order valence-electron chi connectivity index (χ1n) is 16.2. The third-order valence-electron chi connectivity index (χ3n) is 6.93. The number of aryl methyl sites for hydroxylation is 2. The summed E-state index contributed by atoms with van der Waals surface area (Å²) in [6.07, 6.45) is 16.0. The third kappa shape index (κ3) is 19.7. The third-order valence-corrected chi connectivity index (χ3v) is 6.93. The van der Waals surface area contributed by atoms with E-state index in [1.807, 2.05) is 64.2 Å². The number of carbonyl (C=O) groups is 2. The first-order valence-corrected chi connectivity index (χ1v) is 16.2. The van der Waals surface area contributed by atoms with Gasteiger partial charge in [-0.15, -0.1) is 0 Å². The fourth-order valence-corrected chi connectivity index (χ4v) is 4.22. The average molecular weight is 614 g/mol. The van der Waals surface area contributed by atoms with Gasteiger partial charge in [-0.3, -0.25) is 9.59 Å². The molecule has 2 aromatic carbocycles. The van der Waals surface area contributed by atoms with Crippen molar-refractivity contribution in [2.45, 2.75) is 92.5 Å². The lowest BCUT2D eigenvalue weighted by atomic mass is 10.0. The van der Waals surface area contributed by atoms with Crippen LogP contribution in [0, 0.1) is 6.92 Å². The molecule has 0 heterocycles. The van der Waals surface area contributed by atoms with Crippen molar-refractivity contribution in [3.63, 3.8) is 0 Å². The molecule has 0 fully saturated rings. The van der Waals surface area contributed by atoms with Crippen LogP contribution in [0.5, 0.6) is 0 Å². The standard InChI is InChI=1S/C28H40N2O2.C10H13N.C2H6/c1-7-8-11-14-22(4)15-12-9-10-13-16-25-17-18-26(23(5)19-25)29-20-27(24(6)31)30-28(32)21(2)3;1-9(11-2)8-10-6-4-3-5-7-10;1-2/h7-8,11,14,17-19,27,29H,2,4,9-10,12-13,15-16,20H2,1,3,5-6H3,(H,30,32);3-7,11H,1,8H2,2H3;1-2H3/b8-7-,14-11-;;/t27-;;/m0../s1. The molecule has 3 N–H and O–H groups in total. The number of amides is 1. The van der Waals surface area contributed by atoms with Crippen LogP contribution in [-0.2, 0) is 22.4 Å². The second-order valence-electron chi connectivity index (χ2n) is 10.9. The minimum absolute atomic E-state index is 0.0845. The quantitative estimate of drug-likeness (QED) is 0.0890. The maximum atomic E-state index is 11.9. The Labute approximate surface area is 274 Å². The second kappa shape index (κ2) is 25.2. The van der Waals surface area contributed by atoms with Gasteiger partial charge >= 0.3 is 0 Å². The van der Waals surface area contributed by atoms with Gasteiger partial charge in [0.05, 0.1) is 0 Å². The molecule has 0 aliphatic rings. The summed E-state index contributed by atoms with van der Waals surface area (Å²) in [6.45, 7) is 23.1. The molecule has 246 valence electrons. The normalized spacial score (nSPS) is 11.0. The predicted molar refractivity (Wildman–Crippen MR) is 197 cm³/mol. The number of unbranched alkanes of at least 4 members (excludes halogenated alkanes) is 3. The lowest BCUT2D eigenvalue weighted by molar-refractivity contribution is -0.124. The zero-order valence-electron chi connectivity index (χ0n) is 29.1. The SMILES string of the molecule is C=C(/C=C\C=C/C)CCCCCCc1ccc(NC[C@H](NC(=O)C(=C)C)C(C)=O)c(C)c1.C=C(Cc1ccccc1)NC.CC. The Kier molecular flexibility index (Phi) is 22.9. The van der Waals surface area contributed by atoms with Gasteiger partial charge in [0.15, 0.2) is 5.78 Å². The van der Waals surface area contributed by atoms with Crippen molar-refractivity contribution < 1.29 is 9.59 Å². The molecule has 2 rings (SSSR count). The molecule has 1 amide bonds. The van der Waals surface area contributed by atoms with Crippen LogP contribution in [0.25, 0.3) is 0 Å². The van der Waals surface area contributed by atoms with Crippen LogP contribution >= 0.6 is 0 Å².